The number of thioether (sulfide) groups is 1. The average Bonchev–Trinajstić information content (AvgIpc) is 2.76. The van der Waals surface area contributed by atoms with Gasteiger partial charge in [0.05, 0.1) is 5.75 Å². The van der Waals surface area contributed by atoms with Gasteiger partial charge in [0.15, 0.2) is 0 Å². The van der Waals surface area contributed by atoms with Crippen LogP contribution in [0.3, 0.4) is 0 Å². The Morgan fingerprint density at radius 2 is 1.76 bits per heavy atom. The molecular weight excluding hydrogens is 280 g/mol. The first-order valence-electron chi connectivity index (χ1n) is 8.00. The molecule has 2 aliphatic rings. The molecule has 1 amide bonds. The van der Waals surface area contributed by atoms with E-state index in [9.17, 15) is 4.79 Å². The first-order chi connectivity index (χ1) is 10.3. The van der Waals surface area contributed by atoms with Gasteiger partial charge in [-0.2, -0.15) is 0 Å². The van der Waals surface area contributed by atoms with Gasteiger partial charge in [-0.25, -0.2) is 0 Å². The van der Waals surface area contributed by atoms with Gasteiger partial charge < -0.3 is 10.2 Å². The molecule has 1 saturated heterocycles. The molecule has 0 aromatic heterocycles. The van der Waals surface area contributed by atoms with E-state index in [1.807, 2.05) is 11.8 Å². The lowest BCUT2D eigenvalue weighted by molar-refractivity contribution is -0.128. The number of amides is 1. The highest BCUT2D eigenvalue weighted by molar-refractivity contribution is 8.00. The average molecular weight is 304 g/mol. The lowest BCUT2D eigenvalue weighted by Crippen LogP contribution is -2.36. The van der Waals surface area contributed by atoms with E-state index in [1.54, 1.807) is 0 Å². The zero-order valence-corrected chi connectivity index (χ0v) is 13.3. The topological polar surface area (TPSA) is 32.3 Å². The Labute approximate surface area is 131 Å². The molecule has 114 valence electrons. The lowest BCUT2D eigenvalue weighted by atomic mass is 10.0. The minimum absolute atomic E-state index is 0.325. The molecule has 0 aliphatic carbocycles. The summed E-state index contributed by atoms with van der Waals surface area (Å²) in [5, 5.41) is 4.04. The molecule has 3 nitrogen and oxygen atoms in total. The molecule has 1 N–H and O–H groups in total. The van der Waals surface area contributed by atoms with Gasteiger partial charge in [0.25, 0.3) is 0 Å². The van der Waals surface area contributed by atoms with Crippen LogP contribution in [0.15, 0.2) is 24.3 Å². The highest BCUT2D eigenvalue weighted by atomic mass is 32.2. The van der Waals surface area contributed by atoms with Crippen molar-refractivity contribution in [2.75, 3.05) is 31.9 Å². The summed E-state index contributed by atoms with van der Waals surface area (Å²) in [7, 11) is 0. The standard InChI is InChI=1S/C17H24N2OS/c20-17(13-21-16-5-9-18-10-6-16)19-11-7-14-3-1-2-4-15(14)8-12-19/h1-4,16,18H,5-13H2. The van der Waals surface area contributed by atoms with E-state index in [0.717, 1.165) is 39.0 Å². The zero-order valence-electron chi connectivity index (χ0n) is 12.5. The summed E-state index contributed by atoms with van der Waals surface area (Å²) in [6.07, 6.45) is 4.40. The van der Waals surface area contributed by atoms with Crippen LogP contribution in [0, 0.1) is 0 Å². The fourth-order valence-electron chi connectivity index (χ4n) is 3.16. The Kier molecular flexibility index (Phi) is 5.20. The maximum Gasteiger partial charge on any atom is 0.232 e. The summed E-state index contributed by atoms with van der Waals surface area (Å²) >= 11 is 1.86. The molecule has 3 rings (SSSR count). The van der Waals surface area contributed by atoms with Crippen LogP contribution in [0.5, 0.6) is 0 Å². The normalized spacial score (nSPS) is 19.9. The molecule has 21 heavy (non-hydrogen) atoms. The van der Waals surface area contributed by atoms with Crippen LogP contribution >= 0.6 is 11.8 Å². The van der Waals surface area contributed by atoms with Crippen molar-refractivity contribution in [2.45, 2.75) is 30.9 Å². The van der Waals surface area contributed by atoms with Crippen molar-refractivity contribution in [2.24, 2.45) is 0 Å². The Balaban J connectivity index is 1.49. The van der Waals surface area contributed by atoms with Crippen molar-refractivity contribution in [1.82, 2.24) is 10.2 Å². The van der Waals surface area contributed by atoms with Crippen molar-refractivity contribution in [3.63, 3.8) is 0 Å². The van der Waals surface area contributed by atoms with Gasteiger partial charge in [-0.15, -0.1) is 11.8 Å². The number of carbonyl (C=O) groups excluding carboxylic acids is 1. The summed E-state index contributed by atoms with van der Waals surface area (Å²) in [6, 6.07) is 8.60. The van der Waals surface area contributed by atoms with Crippen LogP contribution in [0.4, 0.5) is 0 Å². The van der Waals surface area contributed by atoms with Crippen molar-refractivity contribution in [3.05, 3.63) is 35.4 Å². The van der Waals surface area contributed by atoms with Crippen molar-refractivity contribution in [3.8, 4) is 0 Å². The van der Waals surface area contributed by atoms with E-state index in [1.165, 1.54) is 24.0 Å². The first-order valence-corrected chi connectivity index (χ1v) is 9.04. The molecule has 0 atom stereocenters. The van der Waals surface area contributed by atoms with E-state index in [4.69, 9.17) is 0 Å². The van der Waals surface area contributed by atoms with Gasteiger partial charge in [0, 0.05) is 18.3 Å². The second-order valence-electron chi connectivity index (χ2n) is 5.91. The Hall–Kier alpha value is -1.00. The molecule has 0 radical (unpaired) electrons. The Morgan fingerprint density at radius 3 is 2.38 bits per heavy atom. The molecule has 4 heteroatoms. The molecule has 1 fully saturated rings. The van der Waals surface area contributed by atoms with Gasteiger partial charge in [-0.05, 0) is 49.9 Å². The molecule has 0 bridgehead atoms. The highest BCUT2D eigenvalue weighted by Gasteiger charge is 2.20. The zero-order chi connectivity index (χ0) is 14.5. The highest BCUT2D eigenvalue weighted by Crippen LogP contribution is 2.21. The summed E-state index contributed by atoms with van der Waals surface area (Å²) in [4.78, 5) is 14.5. The van der Waals surface area contributed by atoms with E-state index < -0.39 is 0 Å². The maximum atomic E-state index is 12.4. The summed E-state index contributed by atoms with van der Waals surface area (Å²) in [5.41, 5.74) is 2.83. The summed E-state index contributed by atoms with van der Waals surface area (Å²) < 4.78 is 0. The van der Waals surface area contributed by atoms with Crippen molar-refractivity contribution in [1.29, 1.82) is 0 Å². The number of carbonyl (C=O) groups is 1. The number of benzene rings is 1. The predicted octanol–water partition coefficient (Wildman–Crippen LogP) is 2.10. The third-order valence-electron chi connectivity index (χ3n) is 4.50. The second kappa shape index (κ2) is 7.32. The number of piperidine rings is 1. The number of fused-ring (bicyclic) bond motifs is 1. The first kappa shape index (κ1) is 14.9. The van der Waals surface area contributed by atoms with Gasteiger partial charge in [-0.1, -0.05) is 24.3 Å². The largest absolute Gasteiger partial charge is 0.341 e. The van der Waals surface area contributed by atoms with Gasteiger partial charge in [0.1, 0.15) is 0 Å². The van der Waals surface area contributed by atoms with E-state index in [0.29, 0.717) is 16.9 Å². The molecule has 0 unspecified atom stereocenters. The van der Waals surface area contributed by atoms with Crippen LogP contribution < -0.4 is 5.32 Å². The lowest BCUT2D eigenvalue weighted by Gasteiger charge is -2.24. The van der Waals surface area contributed by atoms with Gasteiger partial charge in [0.2, 0.25) is 5.91 Å². The maximum absolute atomic E-state index is 12.4. The smallest absolute Gasteiger partial charge is 0.232 e. The van der Waals surface area contributed by atoms with E-state index in [2.05, 4.69) is 34.5 Å². The van der Waals surface area contributed by atoms with Crippen LogP contribution in [0.1, 0.15) is 24.0 Å². The molecular formula is C17H24N2OS. The van der Waals surface area contributed by atoms with Crippen LogP contribution in [-0.2, 0) is 17.6 Å². The molecule has 1 aromatic carbocycles. The minimum Gasteiger partial charge on any atom is -0.341 e. The number of nitrogens with one attached hydrogen (secondary N) is 1. The minimum atomic E-state index is 0.325. The molecule has 2 heterocycles. The molecule has 2 aliphatic heterocycles. The third kappa shape index (κ3) is 4.01. The van der Waals surface area contributed by atoms with E-state index >= 15 is 0 Å². The Morgan fingerprint density at radius 1 is 1.14 bits per heavy atom. The van der Waals surface area contributed by atoms with Crippen molar-refractivity contribution >= 4 is 17.7 Å². The van der Waals surface area contributed by atoms with Crippen molar-refractivity contribution < 1.29 is 4.79 Å². The number of hydrogen-bond acceptors (Lipinski definition) is 3. The fraction of sp³-hybridized carbons (Fsp3) is 0.588. The van der Waals surface area contributed by atoms with E-state index in [-0.39, 0.29) is 0 Å². The number of hydrogen-bond donors (Lipinski definition) is 1. The quantitative estimate of drug-likeness (QED) is 0.928. The van der Waals surface area contributed by atoms with Crippen LogP contribution in [-0.4, -0.2) is 48.0 Å². The summed E-state index contributed by atoms with van der Waals surface area (Å²) in [5.74, 6) is 0.979. The predicted molar refractivity (Wildman–Crippen MR) is 88.8 cm³/mol. The third-order valence-corrected chi connectivity index (χ3v) is 5.86. The molecule has 0 spiro atoms. The van der Waals surface area contributed by atoms with Gasteiger partial charge in [-0.3, -0.25) is 4.79 Å². The van der Waals surface area contributed by atoms with Gasteiger partial charge >= 0.3 is 0 Å². The SMILES string of the molecule is O=C(CSC1CCNCC1)N1CCc2ccccc2CC1. The van der Waals surface area contributed by atoms with Crippen LogP contribution in [0.25, 0.3) is 0 Å². The molecule has 1 aromatic rings. The van der Waals surface area contributed by atoms with Crippen LogP contribution in [0.2, 0.25) is 0 Å². The monoisotopic (exact) mass is 304 g/mol. The second-order valence-corrected chi connectivity index (χ2v) is 7.20. The Bertz CT molecular complexity index is 458. The summed E-state index contributed by atoms with van der Waals surface area (Å²) in [6.45, 7) is 3.96. The number of rotatable bonds is 3. The molecule has 0 saturated carbocycles. The number of nitrogens with zero attached hydrogens (tertiary/aromatic N) is 1. The fourth-order valence-corrected chi connectivity index (χ4v) is 4.29.